The van der Waals surface area contributed by atoms with Crippen LogP contribution in [0.3, 0.4) is 0 Å². The van der Waals surface area contributed by atoms with E-state index in [2.05, 4.69) is 4.74 Å². The van der Waals surface area contributed by atoms with E-state index in [0.29, 0.717) is 5.92 Å². The van der Waals surface area contributed by atoms with Crippen molar-refractivity contribution in [1.29, 1.82) is 0 Å². The van der Waals surface area contributed by atoms with Gasteiger partial charge < -0.3 is 4.74 Å². The van der Waals surface area contributed by atoms with Gasteiger partial charge in [-0.25, -0.2) is 18.1 Å². The van der Waals surface area contributed by atoms with E-state index in [1.165, 1.54) is 4.31 Å². The monoisotopic (exact) mass is 338 g/mol. The maximum atomic E-state index is 12.5. The zero-order chi connectivity index (χ0) is 16.8. The highest BCUT2D eigenvalue weighted by atomic mass is 32.2. The molecule has 3 rings (SSSR count). The van der Waals surface area contributed by atoms with Crippen LogP contribution < -0.4 is 0 Å². The maximum absolute atomic E-state index is 12.5. The van der Waals surface area contributed by atoms with Crippen LogP contribution in [0, 0.1) is 0 Å². The Hall–Kier alpha value is -1.93. The van der Waals surface area contributed by atoms with Gasteiger partial charge in [-0.2, -0.15) is 4.31 Å². The third-order valence-corrected chi connectivity index (χ3v) is 6.01. The minimum Gasteiger partial charge on any atom is -0.439 e. The number of sulfonamides is 1. The highest BCUT2D eigenvalue weighted by Gasteiger charge is 2.46. The number of carbonyl (C=O) groups excluding carboxylic acids is 2. The summed E-state index contributed by atoms with van der Waals surface area (Å²) in [5.41, 5.74) is 1.07. The van der Waals surface area contributed by atoms with Crippen molar-refractivity contribution in [2.24, 2.45) is 0 Å². The van der Waals surface area contributed by atoms with Gasteiger partial charge in [0, 0.05) is 13.1 Å². The number of nitrogens with zero attached hydrogens (tertiary/aromatic N) is 2. The fourth-order valence-electron chi connectivity index (χ4n) is 2.67. The van der Waals surface area contributed by atoms with Gasteiger partial charge in [0.25, 0.3) is 5.91 Å². The predicted octanol–water partition coefficient (Wildman–Crippen LogP) is 1.16. The molecule has 2 aliphatic rings. The first-order valence-corrected chi connectivity index (χ1v) is 8.83. The summed E-state index contributed by atoms with van der Waals surface area (Å²) in [6, 6.07) is 6.34. The van der Waals surface area contributed by atoms with Crippen molar-refractivity contribution in [3.8, 4) is 0 Å². The van der Waals surface area contributed by atoms with E-state index in [9.17, 15) is 18.0 Å². The average Bonchev–Trinajstić information content (AvgIpc) is 2.78. The van der Waals surface area contributed by atoms with Gasteiger partial charge in [-0.1, -0.05) is 26.0 Å². The van der Waals surface area contributed by atoms with Crippen LogP contribution in [0.4, 0.5) is 4.79 Å². The van der Waals surface area contributed by atoms with Crippen LogP contribution in [0.2, 0.25) is 0 Å². The molecule has 2 saturated heterocycles. The van der Waals surface area contributed by atoms with Crippen molar-refractivity contribution >= 4 is 22.0 Å². The molecule has 2 fully saturated rings. The van der Waals surface area contributed by atoms with Gasteiger partial charge in [-0.3, -0.25) is 4.79 Å². The van der Waals surface area contributed by atoms with Gasteiger partial charge in [0.1, 0.15) is 0 Å². The van der Waals surface area contributed by atoms with Crippen molar-refractivity contribution in [2.45, 2.75) is 30.7 Å². The van der Waals surface area contributed by atoms with E-state index >= 15 is 0 Å². The molecule has 124 valence electrons. The highest BCUT2D eigenvalue weighted by Crippen LogP contribution is 2.27. The topological polar surface area (TPSA) is 84.0 Å². The summed E-state index contributed by atoms with van der Waals surface area (Å²) in [4.78, 5) is 24.2. The van der Waals surface area contributed by atoms with Crippen LogP contribution >= 0.6 is 0 Å². The molecular weight excluding hydrogens is 320 g/mol. The number of hydrogen-bond donors (Lipinski definition) is 0. The Bertz CT molecular complexity index is 720. The number of amides is 2. The maximum Gasteiger partial charge on any atom is 0.417 e. The molecule has 1 aromatic rings. The molecule has 0 atom stereocenters. The molecule has 7 nitrogen and oxygen atoms in total. The second-order valence-electron chi connectivity index (χ2n) is 6.02. The Kier molecular flexibility index (Phi) is 3.89. The standard InChI is InChI=1S/C15H18N2O5S/c1-10(2)11-3-5-13(6-4-11)23(20,21)16-7-12(8-16)17-14(18)9-22-15(17)19/h3-6,10,12H,7-9H2,1-2H3. The Balaban J connectivity index is 1.70. The summed E-state index contributed by atoms with van der Waals surface area (Å²) in [5.74, 6) is -0.0920. The third-order valence-electron chi connectivity index (χ3n) is 4.16. The molecule has 2 amide bonds. The molecule has 0 aromatic heterocycles. The first kappa shape index (κ1) is 15.9. The molecule has 23 heavy (non-hydrogen) atoms. The van der Waals surface area contributed by atoms with Crippen molar-refractivity contribution in [2.75, 3.05) is 19.7 Å². The lowest BCUT2D eigenvalue weighted by molar-refractivity contribution is -0.128. The van der Waals surface area contributed by atoms with Gasteiger partial charge in [-0.05, 0) is 23.6 Å². The summed E-state index contributed by atoms with van der Waals surface area (Å²) >= 11 is 0. The molecule has 2 aliphatic heterocycles. The van der Waals surface area contributed by atoms with Crippen LogP contribution in [0.5, 0.6) is 0 Å². The van der Waals surface area contributed by atoms with Crippen molar-refractivity contribution < 1.29 is 22.7 Å². The molecule has 0 aliphatic carbocycles. The number of carbonyl (C=O) groups is 2. The smallest absolute Gasteiger partial charge is 0.417 e. The van der Waals surface area contributed by atoms with Gasteiger partial charge in [0.15, 0.2) is 6.61 Å². The Morgan fingerprint density at radius 3 is 2.22 bits per heavy atom. The molecule has 0 unspecified atom stereocenters. The SMILES string of the molecule is CC(C)c1ccc(S(=O)(=O)N2CC(N3C(=O)COC3=O)C2)cc1. The molecular formula is C15H18N2O5S. The lowest BCUT2D eigenvalue weighted by atomic mass is 10.0. The zero-order valence-electron chi connectivity index (χ0n) is 12.9. The largest absolute Gasteiger partial charge is 0.439 e. The summed E-state index contributed by atoms with van der Waals surface area (Å²) in [6.45, 7) is 4.02. The van der Waals surface area contributed by atoms with Gasteiger partial charge >= 0.3 is 6.09 Å². The van der Waals surface area contributed by atoms with E-state index in [1.54, 1.807) is 24.3 Å². The van der Waals surface area contributed by atoms with Crippen molar-refractivity contribution in [3.63, 3.8) is 0 Å². The first-order valence-electron chi connectivity index (χ1n) is 7.39. The number of imide groups is 1. The molecule has 0 bridgehead atoms. The van der Waals surface area contributed by atoms with E-state index < -0.39 is 28.1 Å². The van der Waals surface area contributed by atoms with Crippen LogP contribution in [0.1, 0.15) is 25.3 Å². The molecule has 8 heteroatoms. The fourth-order valence-corrected chi connectivity index (χ4v) is 4.18. The van der Waals surface area contributed by atoms with Gasteiger partial charge in [0.2, 0.25) is 10.0 Å². The molecule has 2 heterocycles. The quantitative estimate of drug-likeness (QED) is 0.822. The Morgan fingerprint density at radius 1 is 1.13 bits per heavy atom. The van der Waals surface area contributed by atoms with Crippen LogP contribution in [0.15, 0.2) is 29.2 Å². The summed E-state index contributed by atoms with van der Waals surface area (Å²) in [5, 5.41) is 0. The molecule has 0 radical (unpaired) electrons. The van der Waals surface area contributed by atoms with E-state index in [4.69, 9.17) is 0 Å². The second kappa shape index (κ2) is 5.61. The number of hydrogen-bond acceptors (Lipinski definition) is 5. The predicted molar refractivity (Wildman–Crippen MR) is 81.3 cm³/mol. The van der Waals surface area contributed by atoms with Crippen LogP contribution in [-0.2, 0) is 19.6 Å². The van der Waals surface area contributed by atoms with E-state index in [1.807, 2.05) is 13.8 Å². The Morgan fingerprint density at radius 2 is 1.74 bits per heavy atom. The summed E-state index contributed by atoms with van der Waals surface area (Å²) in [6.07, 6.45) is -0.696. The number of cyclic esters (lactones) is 1. The van der Waals surface area contributed by atoms with E-state index in [0.717, 1.165) is 10.5 Å². The molecule has 0 spiro atoms. The molecule has 1 aromatic carbocycles. The minimum atomic E-state index is -3.60. The van der Waals surface area contributed by atoms with Crippen LogP contribution in [-0.4, -0.2) is 55.4 Å². The third kappa shape index (κ3) is 2.72. The number of ether oxygens (including phenoxy) is 1. The highest BCUT2D eigenvalue weighted by molar-refractivity contribution is 7.89. The first-order chi connectivity index (χ1) is 10.8. The molecule has 0 N–H and O–H groups in total. The Labute approximate surface area is 134 Å². The molecule has 0 saturated carbocycles. The lowest BCUT2D eigenvalue weighted by Gasteiger charge is -2.40. The van der Waals surface area contributed by atoms with Crippen molar-refractivity contribution in [3.05, 3.63) is 29.8 Å². The second-order valence-corrected chi connectivity index (χ2v) is 7.96. The summed E-state index contributed by atoms with van der Waals surface area (Å²) < 4.78 is 31.0. The van der Waals surface area contributed by atoms with Gasteiger partial charge in [0.05, 0.1) is 10.9 Å². The lowest BCUT2D eigenvalue weighted by Crippen LogP contribution is -2.62. The average molecular weight is 338 g/mol. The summed E-state index contributed by atoms with van der Waals surface area (Å²) in [7, 11) is -3.60. The zero-order valence-corrected chi connectivity index (χ0v) is 13.7. The normalized spacial score (nSPS) is 20.0. The van der Waals surface area contributed by atoms with E-state index in [-0.39, 0.29) is 24.6 Å². The minimum absolute atomic E-state index is 0.106. The van der Waals surface area contributed by atoms with Crippen molar-refractivity contribution in [1.82, 2.24) is 9.21 Å². The number of rotatable bonds is 4. The van der Waals surface area contributed by atoms with Crippen LogP contribution in [0.25, 0.3) is 0 Å². The number of benzene rings is 1. The van der Waals surface area contributed by atoms with Gasteiger partial charge in [-0.15, -0.1) is 0 Å². The fraction of sp³-hybridized carbons (Fsp3) is 0.467.